The Bertz CT molecular complexity index is 1410. The average molecular weight is 453 g/mol. The lowest BCUT2D eigenvalue weighted by molar-refractivity contribution is -0.138. The van der Waals surface area contributed by atoms with E-state index >= 15 is 0 Å². The first-order valence-electron chi connectivity index (χ1n) is 10.6. The number of carbonyl (C=O) groups excluding carboxylic acids is 1. The summed E-state index contributed by atoms with van der Waals surface area (Å²) >= 11 is 0. The molecule has 0 saturated carbocycles. The molecular weight excluding hydrogens is 424 g/mol. The number of aromatic nitrogens is 5. The Labute approximate surface area is 190 Å². The highest BCUT2D eigenvalue weighted by Gasteiger charge is 2.17. The first-order chi connectivity index (χ1) is 15.6. The van der Waals surface area contributed by atoms with Crippen molar-refractivity contribution in [1.82, 2.24) is 23.3 Å². The van der Waals surface area contributed by atoms with Crippen LogP contribution in [-0.2, 0) is 36.7 Å². The molecule has 0 saturated heterocycles. The molecular formula is C23H28N6O4. The third-order valence-electron chi connectivity index (χ3n) is 5.58. The number of aryl methyl sites for hydroxylation is 2. The van der Waals surface area contributed by atoms with Crippen molar-refractivity contribution < 1.29 is 9.53 Å². The summed E-state index contributed by atoms with van der Waals surface area (Å²) in [6, 6.07) is 3.86. The van der Waals surface area contributed by atoms with Crippen LogP contribution in [0.3, 0.4) is 0 Å². The second kappa shape index (κ2) is 9.32. The largest absolute Gasteiger partial charge is 0.460 e. The highest BCUT2D eigenvalue weighted by Crippen LogP contribution is 2.20. The van der Waals surface area contributed by atoms with E-state index in [1.165, 1.54) is 29.6 Å². The summed E-state index contributed by atoms with van der Waals surface area (Å²) in [5, 5.41) is 9.50. The minimum Gasteiger partial charge on any atom is -0.460 e. The minimum atomic E-state index is -0.740. The van der Waals surface area contributed by atoms with Crippen molar-refractivity contribution in [3.05, 3.63) is 55.8 Å². The SMILES string of the molecule is Cc1cc(/C=C(\C#N)C(=O)OCCn2cnc3c2c(=O)n(C)c(=O)n3C)c(C)n1CC(C)C. The molecule has 0 amide bonds. The first-order valence-corrected chi connectivity index (χ1v) is 10.6. The number of hydrogen-bond donors (Lipinski definition) is 0. The Morgan fingerprint density at radius 1 is 1.24 bits per heavy atom. The van der Waals surface area contributed by atoms with Crippen LogP contribution >= 0.6 is 0 Å². The second-order valence-corrected chi connectivity index (χ2v) is 8.45. The Hall–Kier alpha value is -3.87. The number of ether oxygens (including phenoxy) is 1. The van der Waals surface area contributed by atoms with Gasteiger partial charge in [-0.05, 0) is 37.5 Å². The van der Waals surface area contributed by atoms with Gasteiger partial charge in [0, 0.05) is 32.0 Å². The minimum absolute atomic E-state index is 0.0678. The Balaban J connectivity index is 1.77. The molecule has 10 nitrogen and oxygen atoms in total. The van der Waals surface area contributed by atoms with Gasteiger partial charge in [-0.3, -0.25) is 13.9 Å². The monoisotopic (exact) mass is 452 g/mol. The molecule has 33 heavy (non-hydrogen) atoms. The van der Waals surface area contributed by atoms with E-state index in [9.17, 15) is 19.6 Å². The standard InChI is InChI=1S/C23H28N6O4/c1-14(2)12-29-15(3)9-17(16(29)4)10-18(11-24)22(31)33-8-7-28-13-25-20-19(28)21(30)27(6)23(32)26(20)5/h9-10,13-14H,7-8,12H2,1-6H3/b18-10+. The van der Waals surface area contributed by atoms with Gasteiger partial charge >= 0.3 is 11.7 Å². The van der Waals surface area contributed by atoms with Gasteiger partial charge in [-0.15, -0.1) is 0 Å². The molecule has 3 aromatic rings. The van der Waals surface area contributed by atoms with Gasteiger partial charge in [-0.1, -0.05) is 13.8 Å². The molecule has 174 valence electrons. The van der Waals surface area contributed by atoms with Gasteiger partial charge in [-0.25, -0.2) is 14.6 Å². The Morgan fingerprint density at radius 2 is 1.94 bits per heavy atom. The van der Waals surface area contributed by atoms with Crippen LogP contribution in [0.1, 0.15) is 30.8 Å². The van der Waals surface area contributed by atoms with Gasteiger partial charge in [0.2, 0.25) is 0 Å². The molecule has 0 aromatic carbocycles. The fraction of sp³-hybridized carbons (Fsp3) is 0.435. The second-order valence-electron chi connectivity index (χ2n) is 8.45. The summed E-state index contributed by atoms with van der Waals surface area (Å²) < 4.78 is 11.3. The molecule has 0 fully saturated rings. The van der Waals surface area contributed by atoms with Crippen LogP contribution in [0, 0.1) is 31.1 Å². The van der Waals surface area contributed by atoms with Gasteiger partial charge < -0.3 is 13.9 Å². The number of carbonyl (C=O) groups is 1. The smallest absolute Gasteiger partial charge is 0.348 e. The number of rotatable bonds is 7. The van der Waals surface area contributed by atoms with Crippen molar-refractivity contribution >= 4 is 23.2 Å². The molecule has 0 spiro atoms. The van der Waals surface area contributed by atoms with E-state index in [1.54, 1.807) is 6.08 Å². The Kier molecular flexibility index (Phi) is 6.72. The maximum atomic E-state index is 12.5. The highest BCUT2D eigenvalue weighted by atomic mass is 16.5. The molecule has 0 aliphatic heterocycles. The summed E-state index contributed by atoms with van der Waals surface area (Å²) in [6.45, 7) is 9.14. The number of hydrogen-bond acceptors (Lipinski definition) is 6. The predicted molar refractivity (Wildman–Crippen MR) is 124 cm³/mol. The number of nitrogens with zero attached hydrogens (tertiary/aromatic N) is 6. The van der Waals surface area contributed by atoms with Crippen LogP contribution in [0.15, 0.2) is 27.6 Å². The molecule has 0 bridgehead atoms. The van der Waals surface area contributed by atoms with Crippen LogP contribution in [-0.4, -0.2) is 35.8 Å². The van der Waals surface area contributed by atoms with Gasteiger partial charge in [0.15, 0.2) is 11.2 Å². The van der Waals surface area contributed by atoms with E-state index in [2.05, 4.69) is 23.4 Å². The van der Waals surface area contributed by atoms with Crippen LogP contribution < -0.4 is 11.2 Å². The Morgan fingerprint density at radius 3 is 2.58 bits per heavy atom. The zero-order valence-corrected chi connectivity index (χ0v) is 19.7. The number of esters is 1. The van der Waals surface area contributed by atoms with E-state index < -0.39 is 17.2 Å². The zero-order chi connectivity index (χ0) is 24.4. The first kappa shape index (κ1) is 23.8. The molecule has 3 rings (SSSR count). The van der Waals surface area contributed by atoms with Crippen molar-refractivity contribution in [2.45, 2.75) is 40.8 Å². The van der Waals surface area contributed by atoms with E-state index in [-0.39, 0.29) is 29.9 Å². The molecule has 0 unspecified atom stereocenters. The molecule has 0 radical (unpaired) electrons. The van der Waals surface area contributed by atoms with Crippen molar-refractivity contribution in [3.63, 3.8) is 0 Å². The van der Waals surface area contributed by atoms with E-state index in [0.29, 0.717) is 5.92 Å². The van der Waals surface area contributed by atoms with Crippen molar-refractivity contribution in [1.29, 1.82) is 5.26 Å². The maximum Gasteiger partial charge on any atom is 0.348 e. The maximum absolute atomic E-state index is 12.5. The van der Waals surface area contributed by atoms with E-state index in [1.807, 2.05) is 26.0 Å². The third-order valence-corrected chi connectivity index (χ3v) is 5.58. The lowest BCUT2D eigenvalue weighted by Crippen LogP contribution is -2.37. The summed E-state index contributed by atoms with van der Waals surface area (Å²) in [4.78, 5) is 41.2. The number of fused-ring (bicyclic) bond motifs is 1. The van der Waals surface area contributed by atoms with Crippen LogP contribution in [0.5, 0.6) is 0 Å². The molecule has 3 heterocycles. The van der Waals surface area contributed by atoms with Crippen LogP contribution in [0.25, 0.3) is 17.2 Å². The van der Waals surface area contributed by atoms with Crippen molar-refractivity contribution in [3.8, 4) is 6.07 Å². The normalized spacial score (nSPS) is 11.9. The molecule has 0 N–H and O–H groups in total. The van der Waals surface area contributed by atoms with Crippen molar-refractivity contribution in [2.24, 2.45) is 20.0 Å². The fourth-order valence-electron chi connectivity index (χ4n) is 3.79. The lowest BCUT2D eigenvalue weighted by Gasteiger charge is -2.12. The topological polar surface area (TPSA) is 117 Å². The van der Waals surface area contributed by atoms with E-state index in [4.69, 9.17) is 4.74 Å². The predicted octanol–water partition coefficient (Wildman–Crippen LogP) is 1.66. The number of imidazole rings is 1. The van der Waals surface area contributed by atoms with Gasteiger partial charge in [0.25, 0.3) is 5.56 Å². The average Bonchev–Trinajstić information content (AvgIpc) is 3.30. The van der Waals surface area contributed by atoms with Gasteiger partial charge in [-0.2, -0.15) is 5.26 Å². The molecule has 10 heteroatoms. The summed E-state index contributed by atoms with van der Waals surface area (Å²) in [5.41, 5.74) is 2.27. The molecule has 0 aliphatic carbocycles. The summed E-state index contributed by atoms with van der Waals surface area (Å²) in [5.74, 6) is -0.276. The molecule has 3 aromatic heterocycles. The quantitative estimate of drug-likeness (QED) is 0.306. The molecule has 0 aliphatic rings. The van der Waals surface area contributed by atoms with Crippen LogP contribution in [0.4, 0.5) is 0 Å². The fourth-order valence-corrected chi connectivity index (χ4v) is 3.79. The summed E-state index contributed by atoms with van der Waals surface area (Å²) in [6.07, 6.45) is 2.96. The lowest BCUT2D eigenvalue weighted by atomic mass is 10.1. The van der Waals surface area contributed by atoms with Crippen molar-refractivity contribution in [2.75, 3.05) is 6.61 Å². The van der Waals surface area contributed by atoms with Gasteiger partial charge in [0.05, 0.1) is 12.9 Å². The number of nitriles is 1. The zero-order valence-electron chi connectivity index (χ0n) is 19.7. The molecule has 0 atom stereocenters. The third kappa shape index (κ3) is 4.53. The van der Waals surface area contributed by atoms with Gasteiger partial charge in [0.1, 0.15) is 18.2 Å². The van der Waals surface area contributed by atoms with Crippen LogP contribution in [0.2, 0.25) is 0 Å². The van der Waals surface area contributed by atoms with E-state index in [0.717, 1.165) is 28.1 Å². The summed E-state index contributed by atoms with van der Waals surface area (Å²) in [7, 11) is 2.92. The highest BCUT2D eigenvalue weighted by molar-refractivity contribution is 5.98.